The van der Waals surface area contributed by atoms with Crippen molar-refractivity contribution in [2.24, 2.45) is 23.4 Å². The molecule has 158 valence electrons. The van der Waals surface area contributed by atoms with E-state index in [1.54, 1.807) is 7.11 Å². The van der Waals surface area contributed by atoms with Gasteiger partial charge in [0.05, 0.1) is 6.10 Å². The Morgan fingerprint density at radius 1 is 1.39 bits per heavy atom. The standard InChI is InChI=1S/C19H32N6O2.HI/c1-13-23-24-15(25(13)2)12-21-18(20-9-5-10-26-3)22-16-14-6-11-27-17(14)19(16)7-4-8-19;/h14,16-17H,4-12H2,1-3H3,(H2,20,21,22);1H. The molecule has 1 saturated heterocycles. The number of guanidine groups is 1. The molecule has 2 aliphatic carbocycles. The minimum atomic E-state index is 0. The van der Waals surface area contributed by atoms with Crippen molar-refractivity contribution in [2.45, 2.75) is 57.7 Å². The summed E-state index contributed by atoms with van der Waals surface area (Å²) < 4.78 is 13.2. The van der Waals surface area contributed by atoms with E-state index in [1.807, 2.05) is 18.5 Å². The van der Waals surface area contributed by atoms with Gasteiger partial charge in [0, 0.05) is 51.3 Å². The molecule has 3 atom stereocenters. The molecule has 2 N–H and O–H groups in total. The van der Waals surface area contributed by atoms with Gasteiger partial charge in [0.2, 0.25) is 0 Å². The van der Waals surface area contributed by atoms with Crippen molar-refractivity contribution in [1.29, 1.82) is 0 Å². The van der Waals surface area contributed by atoms with E-state index in [9.17, 15) is 0 Å². The Balaban J connectivity index is 0.00000225. The van der Waals surface area contributed by atoms with Crippen molar-refractivity contribution in [3.8, 4) is 0 Å². The lowest BCUT2D eigenvalue weighted by atomic mass is 9.46. The summed E-state index contributed by atoms with van der Waals surface area (Å²) in [6, 6.07) is 0.466. The van der Waals surface area contributed by atoms with E-state index < -0.39 is 0 Å². The topological polar surface area (TPSA) is 85.6 Å². The molecule has 0 aromatic carbocycles. The lowest BCUT2D eigenvalue weighted by Gasteiger charge is -2.63. The largest absolute Gasteiger partial charge is 0.385 e. The van der Waals surface area contributed by atoms with Crippen molar-refractivity contribution < 1.29 is 9.47 Å². The average Bonchev–Trinajstić information content (AvgIpc) is 3.18. The third-order valence-corrected chi connectivity index (χ3v) is 6.71. The Morgan fingerprint density at radius 3 is 2.86 bits per heavy atom. The van der Waals surface area contributed by atoms with E-state index >= 15 is 0 Å². The van der Waals surface area contributed by atoms with Gasteiger partial charge in [-0.05, 0) is 32.6 Å². The van der Waals surface area contributed by atoms with E-state index in [2.05, 4.69) is 20.8 Å². The molecule has 0 amide bonds. The third-order valence-electron chi connectivity index (χ3n) is 6.71. The smallest absolute Gasteiger partial charge is 0.191 e. The number of nitrogens with one attached hydrogen (secondary N) is 2. The summed E-state index contributed by atoms with van der Waals surface area (Å²) >= 11 is 0. The minimum absolute atomic E-state index is 0. The van der Waals surface area contributed by atoms with Gasteiger partial charge in [-0.1, -0.05) is 6.42 Å². The first-order chi connectivity index (χ1) is 13.2. The summed E-state index contributed by atoms with van der Waals surface area (Å²) in [5, 5.41) is 15.6. The van der Waals surface area contributed by atoms with Crippen LogP contribution in [0, 0.1) is 18.3 Å². The van der Waals surface area contributed by atoms with Gasteiger partial charge in [-0.3, -0.25) is 0 Å². The van der Waals surface area contributed by atoms with Crippen molar-refractivity contribution in [3.05, 3.63) is 11.6 Å². The molecule has 28 heavy (non-hydrogen) atoms. The van der Waals surface area contributed by atoms with E-state index in [0.29, 0.717) is 30.0 Å². The van der Waals surface area contributed by atoms with Gasteiger partial charge in [-0.25, -0.2) is 4.99 Å². The second-order valence-corrected chi connectivity index (χ2v) is 8.11. The molecule has 2 saturated carbocycles. The van der Waals surface area contributed by atoms with Gasteiger partial charge >= 0.3 is 0 Å². The Hall–Kier alpha value is -0.940. The van der Waals surface area contributed by atoms with E-state index in [4.69, 9.17) is 14.5 Å². The molecule has 9 heteroatoms. The Morgan fingerprint density at radius 2 is 2.21 bits per heavy atom. The quantitative estimate of drug-likeness (QED) is 0.255. The fraction of sp³-hybridized carbons (Fsp3) is 0.842. The number of methoxy groups -OCH3 is 1. The molecule has 1 aromatic heterocycles. The molecule has 1 aromatic rings. The molecular weight excluding hydrogens is 471 g/mol. The molecule has 3 fully saturated rings. The predicted octanol–water partition coefficient (Wildman–Crippen LogP) is 1.77. The fourth-order valence-corrected chi connectivity index (χ4v) is 4.92. The molecule has 3 aliphatic rings. The van der Waals surface area contributed by atoms with Crippen molar-refractivity contribution in [3.63, 3.8) is 0 Å². The summed E-state index contributed by atoms with van der Waals surface area (Å²) in [4.78, 5) is 4.82. The van der Waals surface area contributed by atoms with Crippen LogP contribution in [0.25, 0.3) is 0 Å². The third kappa shape index (κ3) is 3.89. The van der Waals surface area contributed by atoms with Gasteiger partial charge in [0.1, 0.15) is 12.4 Å². The molecule has 1 spiro atoms. The molecule has 3 unspecified atom stereocenters. The highest BCUT2D eigenvalue weighted by Gasteiger charge is 2.66. The number of nitrogens with zero attached hydrogens (tertiary/aromatic N) is 4. The van der Waals surface area contributed by atoms with Crippen molar-refractivity contribution in [1.82, 2.24) is 25.4 Å². The fourth-order valence-electron chi connectivity index (χ4n) is 4.92. The first-order valence-corrected chi connectivity index (χ1v) is 10.2. The van der Waals surface area contributed by atoms with Gasteiger partial charge in [0.15, 0.2) is 11.8 Å². The summed E-state index contributed by atoms with van der Waals surface area (Å²) in [6.45, 7) is 4.95. The van der Waals surface area contributed by atoms with Crippen LogP contribution < -0.4 is 10.6 Å². The maximum absolute atomic E-state index is 6.04. The average molecular weight is 504 g/mol. The van der Waals surface area contributed by atoms with Crippen LogP contribution in [0.2, 0.25) is 0 Å². The van der Waals surface area contributed by atoms with Crippen LogP contribution in [0.15, 0.2) is 4.99 Å². The Kier molecular flexibility index (Phi) is 7.19. The monoisotopic (exact) mass is 504 g/mol. The number of ether oxygens (including phenoxy) is 2. The van der Waals surface area contributed by atoms with Gasteiger partial charge < -0.3 is 24.7 Å². The zero-order valence-corrected chi connectivity index (χ0v) is 19.4. The second-order valence-electron chi connectivity index (χ2n) is 8.11. The van der Waals surface area contributed by atoms with Crippen LogP contribution in [0.1, 0.15) is 43.8 Å². The highest BCUT2D eigenvalue weighted by atomic mass is 127. The Labute approximate surface area is 184 Å². The van der Waals surface area contributed by atoms with Crippen molar-refractivity contribution >= 4 is 29.9 Å². The summed E-state index contributed by atoms with van der Waals surface area (Å²) in [7, 11) is 3.72. The second kappa shape index (κ2) is 9.25. The number of hydrogen-bond donors (Lipinski definition) is 2. The molecule has 0 bridgehead atoms. The highest BCUT2D eigenvalue weighted by molar-refractivity contribution is 14.0. The first kappa shape index (κ1) is 21.8. The summed E-state index contributed by atoms with van der Waals surface area (Å²) in [5.41, 5.74) is 0.331. The number of hydrogen-bond acceptors (Lipinski definition) is 5. The van der Waals surface area contributed by atoms with Crippen LogP contribution in [0.3, 0.4) is 0 Å². The number of aromatic nitrogens is 3. The van der Waals surface area contributed by atoms with Crippen LogP contribution in [-0.2, 0) is 23.1 Å². The normalized spacial score (nSPS) is 27.5. The first-order valence-electron chi connectivity index (χ1n) is 10.2. The molecule has 2 heterocycles. The number of fused-ring (bicyclic) bond motifs is 2. The van der Waals surface area contributed by atoms with Crippen LogP contribution in [0.5, 0.6) is 0 Å². The van der Waals surface area contributed by atoms with E-state index in [0.717, 1.165) is 50.2 Å². The van der Waals surface area contributed by atoms with Gasteiger partial charge in [0.25, 0.3) is 0 Å². The van der Waals surface area contributed by atoms with Crippen molar-refractivity contribution in [2.75, 3.05) is 26.9 Å². The lowest BCUT2D eigenvalue weighted by molar-refractivity contribution is -0.171. The van der Waals surface area contributed by atoms with Crippen LogP contribution in [-0.4, -0.2) is 59.7 Å². The van der Waals surface area contributed by atoms with Gasteiger partial charge in [-0.15, -0.1) is 34.2 Å². The maximum Gasteiger partial charge on any atom is 0.191 e. The molecular formula is C19H33IN6O2. The predicted molar refractivity (Wildman–Crippen MR) is 118 cm³/mol. The number of rotatable bonds is 7. The summed E-state index contributed by atoms with van der Waals surface area (Å²) in [5.74, 6) is 3.27. The summed E-state index contributed by atoms with van der Waals surface area (Å²) in [6.07, 6.45) is 6.42. The van der Waals surface area contributed by atoms with E-state index in [1.165, 1.54) is 19.3 Å². The SMILES string of the molecule is COCCCNC(=NCc1nnc(C)n1C)NC1C2CCOC2C12CCC2.I. The minimum Gasteiger partial charge on any atom is -0.385 e. The molecule has 8 nitrogen and oxygen atoms in total. The zero-order valence-electron chi connectivity index (χ0n) is 17.1. The van der Waals surface area contributed by atoms with Gasteiger partial charge in [-0.2, -0.15) is 0 Å². The number of aryl methyl sites for hydroxylation is 1. The molecule has 1 aliphatic heterocycles. The maximum atomic E-state index is 6.04. The Bertz CT molecular complexity index is 690. The lowest BCUT2D eigenvalue weighted by Crippen LogP contribution is -2.72. The van der Waals surface area contributed by atoms with E-state index in [-0.39, 0.29) is 24.0 Å². The number of aliphatic imine (C=N–C) groups is 1. The van der Waals surface area contributed by atoms with Crippen LogP contribution >= 0.6 is 24.0 Å². The molecule has 0 radical (unpaired) electrons. The number of halogens is 1. The van der Waals surface area contributed by atoms with Crippen LogP contribution in [0.4, 0.5) is 0 Å². The molecule has 4 rings (SSSR count). The highest BCUT2D eigenvalue weighted by Crippen LogP contribution is 2.62. The zero-order chi connectivity index (χ0) is 18.9.